The lowest BCUT2D eigenvalue weighted by Gasteiger charge is -2.21. The summed E-state index contributed by atoms with van der Waals surface area (Å²) in [7, 11) is 2.01. The van der Waals surface area contributed by atoms with Crippen LogP contribution in [-0.4, -0.2) is 23.6 Å². The summed E-state index contributed by atoms with van der Waals surface area (Å²) in [6.07, 6.45) is 5.70. The van der Waals surface area contributed by atoms with Crippen LogP contribution in [0.2, 0.25) is 0 Å². The van der Waals surface area contributed by atoms with Crippen molar-refractivity contribution in [3.63, 3.8) is 0 Å². The van der Waals surface area contributed by atoms with E-state index in [4.69, 9.17) is 5.26 Å². The zero-order valence-electron chi connectivity index (χ0n) is 11.9. The van der Waals surface area contributed by atoms with Crippen LogP contribution >= 0.6 is 11.3 Å². The Kier molecular flexibility index (Phi) is 3.58. The van der Waals surface area contributed by atoms with E-state index in [-0.39, 0.29) is 0 Å². The van der Waals surface area contributed by atoms with Crippen LogP contribution in [0, 0.1) is 17.2 Å². The van der Waals surface area contributed by atoms with Crippen LogP contribution in [0.1, 0.15) is 30.2 Å². The van der Waals surface area contributed by atoms with Crippen LogP contribution in [0.15, 0.2) is 6.33 Å². The average molecular weight is 286 g/mol. The van der Waals surface area contributed by atoms with Crippen molar-refractivity contribution in [2.75, 3.05) is 18.5 Å². The van der Waals surface area contributed by atoms with E-state index in [1.165, 1.54) is 22.2 Å². The van der Waals surface area contributed by atoms with Gasteiger partial charge in [0, 0.05) is 18.5 Å². The Bertz CT molecular complexity index is 670. The highest BCUT2D eigenvalue weighted by atomic mass is 32.1. The zero-order chi connectivity index (χ0) is 14.1. The van der Waals surface area contributed by atoms with E-state index >= 15 is 0 Å². The molecule has 2 heterocycles. The van der Waals surface area contributed by atoms with Crippen molar-refractivity contribution < 1.29 is 0 Å². The van der Waals surface area contributed by atoms with Gasteiger partial charge in [-0.2, -0.15) is 5.26 Å². The standard InChI is InChI=1S/C15H18N4S/c1-10-4-5-11-12(8-10)20-15-13(11)14(17-9-18-15)19(2)7-3-6-16/h9-10H,3-5,7-8H2,1-2H3. The van der Waals surface area contributed by atoms with E-state index in [1.807, 2.05) is 18.4 Å². The number of hydrogen-bond donors (Lipinski definition) is 0. The average Bonchev–Trinajstić information content (AvgIpc) is 2.81. The number of thiophene rings is 1. The molecule has 0 aromatic carbocycles. The topological polar surface area (TPSA) is 52.8 Å². The Labute approximate surface area is 123 Å². The molecule has 0 aliphatic heterocycles. The fourth-order valence-electron chi connectivity index (χ4n) is 2.87. The molecule has 0 saturated heterocycles. The SMILES string of the molecule is CC1CCc2c(sc3ncnc(N(C)CCC#N)c23)C1. The molecule has 2 aromatic rings. The molecule has 1 aliphatic rings. The highest BCUT2D eigenvalue weighted by Gasteiger charge is 2.23. The largest absolute Gasteiger partial charge is 0.358 e. The third kappa shape index (κ3) is 2.25. The minimum absolute atomic E-state index is 0.519. The van der Waals surface area contributed by atoms with E-state index < -0.39 is 0 Å². The summed E-state index contributed by atoms with van der Waals surface area (Å²) >= 11 is 1.82. The van der Waals surface area contributed by atoms with Crippen molar-refractivity contribution in [1.29, 1.82) is 5.26 Å². The molecule has 104 valence electrons. The first-order valence-electron chi connectivity index (χ1n) is 7.04. The maximum atomic E-state index is 8.75. The predicted molar refractivity (Wildman–Crippen MR) is 82.1 cm³/mol. The van der Waals surface area contributed by atoms with Crippen LogP contribution in [0.3, 0.4) is 0 Å². The highest BCUT2D eigenvalue weighted by molar-refractivity contribution is 7.19. The Morgan fingerprint density at radius 1 is 1.50 bits per heavy atom. The lowest BCUT2D eigenvalue weighted by atomic mass is 9.89. The van der Waals surface area contributed by atoms with Gasteiger partial charge in [-0.25, -0.2) is 9.97 Å². The minimum atomic E-state index is 0.519. The van der Waals surface area contributed by atoms with Crippen LogP contribution in [-0.2, 0) is 12.8 Å². The number of nitrogens with zero attached hydrogens (tertiary/aromatic N) is 4. The molecule has 0 fully saturated rings. The summed E-state index contributed by atoms with van der Waals surface area (Å²) in [6, 6.07) is 2.20. The van der Waals surface area contributed by atoms with Crippen molar-refractivity contribution in [2.45, 2.75) is 32.6 Å². The van der Waals surface area contributed by atoms with Crippen molar-refractivity contribution in [3.05, 3.63) is 16.8 Å². The van der Waals surface area contributed by atoms with Gasteiger partial charge in [-0.15, -0.1) is 11.3 Å². The second kappa shape index (κ2) is 5.37. The van der Waals surface area contributed by atoms with Gasteiger partial charge in [-0.1, -0.05) is 6.92 Å². The molecule has 1 unspecified atom stereocenters. The van der Waals surface area contributed by atoms with E-state index in [0.717, 1.165) is 29.4 Å². The molecular formula is C15H18N4S. The number of aryl methyl sites for hydroxylation is 1. The molecule has 2 aromatic heterocycles. The van der Waals surface area contributed by atoms with Gasteiger partial charge in [0.05, 0.1) is 17.9 Å². The highest BCUT2D eigenvalue weighted by Crippen LogP contribution is 2.40. The first kappa shape index (κ1) is 13.3. The molecule has 0 radical (unpaired) electrons. The van der Waals surface area contributed by atoms with E-state index in [2.05, 4.69) is 27.9 Å². The summed E-state index contributed by atoms with van der Waals surface area (Å²) in [5.41, 5.74) is 1.45. The van der Waals surface area contributed by atoms with Gasteiger partial charge in [0.15, 0.2) is 0 Å². The van der Waals surface area contributed by atoms with Crippen LogP contribution < -0.4 is 4.90 Å². The first-order valence-corrected chi connectivity index (χ1v) is 7.85. The fourth-order valence-corrected chi connectivity index (χ4v) is 4.22. The summed E-state index contributed by atoms with van der Waals surface area (Å²) in [5, 5.41) is 9.97. The number of fused-ring (bicyclic) bond motifs is 3. The van der Waals surface area contributed by atoms with Gasteiger partial charge in [0.2, 0.25) is 0 Å². The molecule has 5 heteroatoms. The smallest absolute Gasteiger partial charge is 0.140 e. The summed E-state index contributed by atoms with van der Waals surface area (Å²) in [4.78, 5) is 13.6. The Hall–Kier alpha value is -1.67. The molecule has 1 aliphatic carbocycles. The van der Waals surface area contributed by atoms with Gasteiger partial charge < -0.3 is 4.90 Å². The third-order valence-electron chi connectivity index (χ3n) is 3.99. The number of aromatic nitrogens is 2. The lowest BCUT2D eigenvalue weighted by Crippen LogP contribution is -2.20. The monoisotopic (exact) mass is 286 g/mol. The molecule has 0 N–H and O–H groups in total. The third-order valence-corrected chi connectivity index (χ3v) is 5.15. The zero-order valence-corrected chi connectivity index (χ0v) is 12.7. The van der Waals surface area contributed by atoms with Crippen molar-refractivity contribution >= 4 is 27.4 Å². The first-order chi connectivity index (χ1) is 9.70. The Balaban J connectivity index is 2.07. The molecule has 1 atom stereocenters. The summed E-state index contributed by atoms with van der Waals surface area (Å²) < 4.78 is 0. The Morgan fingerprint density at radius 2 is 2.35 bits per heavy atom. The van der Waals surface area contributed by atoms with Crippen molar-refractivity contribution in [1.82, 2.24) is 9.97 Å². The molecular weight excluding hydrogens is 268 g/mol. The second-order valence-electron chi connectivity index (χ2n) is 5.56. The lowest BCUT2D eigenvalue weighted by molar-refractivity contribution is 0.509. The van der Waals surface area contributed by atoms with Crippen LogP contribution in [0.25, 0.3) is 10.2 Å². The van der Waals surface area contributed by atoms with Crippen molar-refractivity contribution in [3.8, 4) is 6.07 Å². The number of hydrogen-bond acceptors (Lipinski definition) is 5. The number of rotatable bonds is 3. The van der Waals surface area contributed by atoms with E-state index in [1.54, 1.807) is 6.33 Å². The van der Waals surface area contributed by atoms with E-state index in [9.17, 15) is 0 Å². The number of anilines is 1. The van der Waals surface area contributed by atoms with Crippen molar-refractivity contribution in [2.24, 2.45) is 5.92 Å². The minimum Gasteiger partial charge on any atom is -0.358 e. The molecule has 0 amide bonds. The fraction of sp³-hybridized carbons (Fsp3) is 0.533. The quantitative estimate of drug-likeness (QED) is 0.869. The van der Waals surface area contributed by atoms with Gasteiger partial charge >= 0.3 is 0 Å². The van der Waals surface area contributed by atoms with Gasteiger partial charge in [-0.3, -0.25) is 0 Å². The normalized spacial score (nSPS) is 17.8. The van der Waals surface area contributed by atoms with Gasteiger partial charge in [0.25, 0.3) is 0 Å². The molecule has 0 saturated carbocycles. The number of nitriles is 1. The summed E-state index contributed by atoms with van der Waals surface area (Å²) in [5.74, 6) is 1.75. The molecule has 0 spiro atoms. The maximum Gasteiger partial charge on any atom is 0.140 e. The van der Waals surface area contributed by atoms with Crippen LogP contribution in [0.4, 0.5) is 5.82 Å². The molecule has 0 bridgehead atoms. The second-order valence-corrected chi connectivity index (χ2v) is 6.64. The van der Waals surface area contributed by atoms with Crippen LogP contribution in [0.5, 0.6) is 0 Å². The summed E-state index contributed by atoms with van der Waals surface area (Å²) in [6.45, 7) is 3.03. The molecule has 20 heavy (non-hydrogen) atoms. The van der Waals surface area contributed by atoms with Gasteiger partial charge in [0.1, 0.15) is 17.0 Å². The molecule has 3 rings (SSSR count). The van der Waals surface area contributed by atoms with Gasteiger partial charge in [-0.05, 0) is 30.7 Å². The molecule has 4 nitrogen and oxygen atoms in total. The maximum absolute atomic E-state index is 8.75. The Morgan fingerprint density at radius 3 is 3.15 bits per heavy atom. The predicted octanol–water partition coefficient (Wildman–Crippen LogP) is 3.17. The van der Waals surface area contributed by atoms with E-state index in [0.29, 0.717) is 13.0 Å².